The van der Waals surface area contributed by atoms with Crippen molar-refractivity contribution in [2.24, 2.45) is 0 Å². The highest BCUT2D eigenvalue weighted by Gasteiger charge is 2.16. The number of amides is 2. The van der Waals surface area contributed by atoms with Gasteiger partial charge in [-0.1, -0.05) is 43.2 Å². The average molecular weight is 316 g/mol. The molecule has 0 atom stereocenters. The van der Waals surface area contributed by atoms with E-state index in [1.807, 2.05) is 23.1 Å². The first-order chi connectivity index (χ1) is 11.3. The average Bonchev–Trinajstić information content (AvgIpc) is 2.92. The summed E-state index contributed by atoms with van der Waals surface area (Å²) in [6, 6.07) is 10.2. The van der Waals surface area contributed by atoms with Crippen molar-refractivity contribution in [3.8, 4) is 0 Å². The Labute approximate surface area is 139 Å². The van der Waals surface area contributed by atoms with E-state index in [1.54, 1.807) is 0 Å². The lowest BCUT2D eigenvalue weighted by Crippen LogP contribution is -2.29. The molecule has 126 valence electrons. The topological polar surface area (TPSA) is 49.4 Å². The van der Waals surface area contributed by atoms with E-state index in [2.05, 4.69) is 17.4 Å². The highest BCUT2D eigenvalue weighted by atomic mass is 16.2. The van der Waals surface area contributed by atoms with Crippen LogP contribution in [0.3, 0.4) is 0 Å². The van der Waals surface area contributed by atoms with E-state index in [9.17, 15) is 9.59 Å². The Morgan fingerprint density at radius 1 is 0.870 bits per heavy atom. The van der Waals surface area contributed by atoms with Crippen LogP contribution in [-0.4, -0.2) is 29.8 Å². The first-order valence-electron chi connectivity index (χ1n) is 8.84. The number of rotatable bonds is 2. The summed E-state index contributed by atoms with van der Waals surface area (Å²) in [5, 5.41) is 2.81. The molecular weight excluding hydrogens is 288 g/mol. The molecular formula is C19H28N2O2. The van der Waals surface area contributed by atoms with Crippen molar-refractivity contribution >= 4 is 11.8 Å². The number of carbonyl (C=O) groups excluding carboxylic acids is 2. The Kier molecular flexibility index (Phi) is 7.64. The summed E-state index contributed by atoms with van der Waals surface area (Å²) in [4.78, 5) is 24.3. The van der Waals surface area contributed by atoms with E-state index >= 15 is 0 Å². The fourth-order valence-electron chi connectivity index (χ4n) is 2.91. The Morgan fingerprint density at radius 3 is 2.43 bits per heavy atom. The molecule has 0 aliphatic carbocycles. The van der Waals surface area contributed by atoms with Crippen molar-refractivity contribution in [1.82, 2.24) is 10.2 Å². The third-order valence-electron chi connectivity index (χ3n) is 4.29. The monoisotopic (exact) mass is 316 g/mol. The van der Waals surface area contributed by atoms with Crippen molar-refractivity contribution in [1.29, 1.82) is 0 Å². The van der Waals surface area contributed by atoms with Crippen molar-refractivity contribution in [3.63, 3.8) is 0 Å². The molecule has 0 aromatic heterocycles. The van der Waals surface area contributed by atoms with Gasteiger partial charge in [-0.25, -0.2) is 0 Å². The summed E-state index contributed by atoms with van der Waals surface area (Å²) in [5.41, 5.74) is 1.23. The highest BCUT2D eigenvalue weighted by Crippen LogP contribution is 2.14. The van der Waals surface area contributed by atoms with Crippen LogP contribution >= 0.6 is 0 Å². The molecule has 2 fully saturated rings. The zero-order valence-electron chi connectivity index (χ0n) is 13.9. The summed E-state index contributed by atoms with van der Waals surface area (Å²) in [5.74, 6) is 0.541. The van der Waals surface area contributed by atoms with Crippen molar-refractivity contribution < 1.29 is 9.59 Å². The van der Waals surface area contributed by atoms with E-state index in [4.69, 9.17) is 0 Å². The number of carbonyl (C=O) groups is 2. The van der Waals surface area contributed by atoms with Gasteiger partial charge in [0.1, 0.15) is 0 Å². The van der Waals surface area contributed by atoms with E-state index in [1.165, 1.54) is 18.4 Å². The zero-order valence-corrected chi connectivity index (χ0v) is 13.9. The molecule has 1 N–H and O–H groups in total. The molecule has 0 bridgehead atoms. The fraction of sp³-hybridized carbons (Fsp3) is 0.579. The number of hydrogen-bond acceptors (Lipinski definition) is 2. The van der Waals surface area contributed by atoms with Crippen LogP contribution in [0.5, 0.6) is 0 Å². The van der Waals surface area contributed by atoms with Gasteiger partial charge in [0, 0.05) is 32.5 Å². The Morgan fingerprint density at radius 2 is 1.61 bits per heavy atom. The van der Waals surface area contributed by atoms with Crippen LogP contribution in [0.15, 0.2) is 30.3 Å². The predicted octanol–water partition coefficient (Wildman–Crippen LogP) is 3.27. The summed E-state index contributed by atoms with van der Waals surface area (Å²) in [6.45, 7) is 2.59. The SMILES string of the molecule is O=C1CCCCCN1.O=C1CCCCCN1Cc1ccccc1. The van der Waals surface area contributed by atoms with E-state index in [0.29, 0.717) is 5.91 Å². The van der Waals surface area contributed by atoms with Crippen molar-refractivity contribution in [2.45, 2.75) is 57.9 Å². The maximum absolute atomic E-state index is 11.7. The van der Waals surface area contributed by atoms with Gasteiger partial charge in [-0.15, -0.1) is 0 Å². The minimum atomic E-state index is 0.225. The molecule has 1 aromatic carbocycles. The molecule has 4 heteroatoms. The Hall–Kier alpha value is -1.84. The van der Waals surface area contributed by atoms with E-state index in [-0.39, 0.29) is 5.91 Å². The lowest BCUT2D eigenvalue weighted by atomic mass is 10.2. The lowest BCUT2D eigenvalue weighted by Gasteiger charge is -2.20. The number of benzene rings is 1. The van der Waals surface area contributed by atoms with Crippen LogP contribution in [0, 0.1) is 0 Å². The van der Waals surface area contributed by atoms with Gasteiger partial charge >= 0.3 is 0 Å². The molecule has 0 spiro atoms. The van der Waals surface area contributed by atoms with Crippen LogP contribution < -0.4 is 5.32 Å². The number of hydrogen-bond donors (Lipinski definition) is 1. The maximum Gasteiger partial charge on any atom is 0.222 e. The standard InChI is InChI=1S/C13H17NO.C6H11NO/c15-13-9-5-2-6-10-14(13)11-12-7-3-1-4-8-12;8-6-4-2-1-3-5-7-6/h1,3-4,7-8H,2,5-6,9-11H2;1-5H2,(H,7,8). The fourth-order valence-corrected chi connectivity index (χ4v) is 2.91. The summed E-state index contributed by atoms with van der Waals surface area (Å²) >= 11 is 0. The van der Waals surface area contributed by atoms with Crippen LogP contribution in [0.25, 0.3) is 0 Å². The molecule has 2 saturated heterocycles. The van der Waals surface area contributed by atoms with Gasteiger partial charge in [-0.2, -0.15) is 0 Å². The molecule has 2 aliphatic heterocycles. The first kappa shape index (κ1) is 17.5. The quantitative estimate of drug-likeness (QED) is 0.910. The normalized spacial score (nSPS) is 19.0. The van der Waals surface area contributed by atoms with Crippen molar-refractivity contribution in [2.75, 3.05) is 13.1 Å². The summed E-state index contributed by atoms with van der Waals surface area (Å²) in [6.07, 6.45) is 8.31. The molecule has 3 rings (SSSR count). The molecule has 2 amide bonds. The van der Waals surface area contributed by atoms with E-state index in [0.717, 1.165) is 58.2 Å². The molecule has 1 aromatic rings. The minimum Gasteiger partial charge on any atom is -0.356 e. The van der Waals surface area contributed by atoms with Gasteiger partial charge in [0.2, 0.25) is 11.8 Å². The molecule has 2 heterocycles. The number of nitrogens with zero attached hydrogens (tertiary/aromatic N) is 1. The van der Waals surface area contributed by atoms with E-state index < -0.39 is 0 Å². The highest BCUT2D eigenvalue weighted by molar-refractivity contribution is 5.76. The van der Waals surface area contributed by atoms with Crippen LogP contribution in [0.2, 0.25) is 0 Å². The zero-order chi connectivity index (χ0) is 16.3. The number of likely N-dealkylation sites (tertiary alicyclic amines) is 1. The molecule has 0 saturated carbocycles. The van der Waals surface area contributed by atoms with Gasteiger partial charge in [0.15, 0.2) is 0 Å². The first-order valence-corrected chi connectivity index (χ1v) is 8.84. The summed E-state index contributed by atoms with van der Waals surface area (Å²) in [7, 11) is 0. The minimum absolute atomic E-state index is 0.225. The van der Waals surface area contributed by atoms with Gasteiger partial charge < -0.3 is 10.2 Å². The van der Waals surface area contributed by atoms with Crippen LogP contribution in [-0.2, 0) is 16.1 Å². The molecule has 2 aliphatic rings. The third-order valence-corrected chi connectivity index (χ3v) is 4.29. The molecule has 0 unspecified atom stereocenters. The summed E-state index contributed by atoms with van der Waals surface area (Å²) < 4.78 is 0. The largest absolute Gasteiger partial charge is 0.356 e. The maximum atomic E-state index is 11.7. The molecule has 23 heavy (non-hydrogen) atoms. The second kappa shape index (κ2) is 10.0. The lowest BCUT2D eigenvalue weighted by molar-refractivity contribution is -0.131. The van der Waals surface area contributed by atoms with Gasteiger partial charge in [-0.05, 0) is 31.2 Å². The second-order valence-electron chi connectivity index (χ2n) is 6.27. The van der Waals surface area contributed by atoms with Crippen LogP contribution in [0.1, 0.15) is 56.9 Å². The van der Waals surface area contributed by atoms with Crippen molar-refractivity contribution in [3.05, 3.63) is 35.9 Å². The van der Waals surface area contributed by atoms with Gasteiger partial charge in [0.05, 0.1) is 0 Å². The predicted molar refractivity (Wildman–Crippen MR) is 91.8 cm³/mol. The number of nitrogens with one attached hydrogen (secondary N) is 1. The van der Waals surface area contributed by atoms with Gasteiger partial charge in [-0.3, -0.25) is 9.59 Å². The second-order valence-corrected chi connectivity index (χ2v) is 6.27. The van der Waals surface area contributed by atoms with Gasteiger partial charge in [0.25, 0.3) is 0 Å². The van der Waals surface area contributed by atoms with Crippen LogP contribution in [0.4, 0.5) is 0 Å². The third kappa shape index (κ3) is 6.85. The Bertz CT molecular complexity index is 477. The molecule has 0 radical (unpaired) electrons. The Balaban J connectivity index is 0.000000203. The smallest absolute Gasteiger partial charge is 0.222 e. The molecule has 4 nitrogen and oxygen atoms in total.